The van der Waals surface area contributed by atoms with E-state index < -0.39 is 0 Å². The van der Waals surface area contributed by atoms with Crippen LogP contribution in [-0.2, 0) is 0 Å². The number of rotatable bonds is 2. The highest BCUT2D eigenvalue weighted by Crippen LogP contribution is 1.82. The summed E-state index contributed by atoms with van der Waals surface area (Å²) in [4.78, 5) is 7.41. The van der Waals surface area contributed by atoms with Crippen molar-refractivity contribution in [2.24, 2.45) is 15.7 Å². The predicted molar refractivity (Wildman–Crippen MR) is 42.5 cm³/mol. The maximum absolute atomic E-state index is 8.33. The molecule has 0 amide bonds. The van der Waals surface area contributed by atoms with E-state index in [9.17, 15) is 0 Å². The van der Waals surface area contributed by atoms with E-state index in [0.717, 1.165) is 0 Å². The van der Waals surface area contributed by atoms with Crippen molar-refractivity contribution in [3.63, 3.8) is 0 Å². The maximum atomic E-state index is 8.33. The molecular weight excluding hydrogens is 154 g/mol. The minimum absolute atomic E-state index is 0.00898. The molecular formula is C5H10ClN3O. The van der Waals surface area contributed by atoms with Gasteiger partial charge in [0.15, 0.2) is 5.29 Å². The van der Waals surface area contributed by atoms with Crippen LogP contribution < -0.4 is 5.73 Å². The average Bonchev–Trinajstić information content (AvgIpc) is 1.82. The molecule has 0 saturated heterocycles. The molecule has 0 saturated carbocycles. The molecule has 0 rings (SSSR count). The summed E-state index contributed by atoms with van der Waals surface area (Å²) in [6.07, 6.45) is 0. The van der Waals surface area contributed by atoms with Crippen LogP contribution in [0.3, 0.4) is 0 Å². The molecule has 10 heavy (non-hydrogen) atoms. The Morgan fingerprint density at radius 1 is 1.70 bits per heavy atom. The van der Waals surface area contributed by atoms with E-state index in [1.54, 1.807) is 6.92 Å². The Kier molecular flexibility index (Phi) is 4.88. The summed E-state index contributed by atoms with van der Waals surface area (Å²) < 4.78 is 0. The molecule has 0 spiro atoms. The van der Waals surface area contributed by atoms with Crippen LogP contribution >= 0.6 is 11.6 Å². The molecule has 5 heteroatoms. The molecule has 0 bridgehead atoms. The number of aliphatic imine (C=N–C) groups is 2. The summed E-state index contributed by atoms with van der Waals surface area (Å²) >= 11 is 5.24. The first-order valence-corrected chi connectivity index (χ1v) is 3.16. The number of halogens is 1. The largest absolute Gasteiger partial charge is 0.394 e. The second-order valence-electron chi connectivity index (χ2n) is 1.59. The first kappa shape index (κ1) is 9.39. The Bertz CT molecular complexity index is 151. The van der Waals surface area contributed by atoms with Crippen LogP contribution in [0, 0.1) is 0 Å². The highest BCUT2D eigenvalue weighted by molar-refractivity contribution is 6.65. The molecule has 0 aromatic carbocycles. The maximum Gasteiger partial charge on any atom is 0.194 e. The lowest BCUT2D eigenvalue weighted by Gasteiger charge is -1.90. The molecule has 0 atom stereocenters. The summed E-state index contributed by atoms with van der Waals surface area (Å²) in [7, 11) is 0. The van der Waals surface area contributed by atoms with Crippen molar-refractivity contribution < 1.29 is 5.11 Å². The van der Waals surface area contributed by atoms with E-state index in [2.05, 4.69) is 9.98 Å². The number of amidine groups is 2. The number of hydrogen-bond acceptors (Lipinski definition) is 2. The summed E-state index contributed by atoms with van der Waals surface area (Å²) in [5.74, 6) is 0.474. The summed E-state index contributed by atoms with van der Waals surface area (Å²) in [6.45, 7) is 2.00. The molecule has 0 heterocycles. The third kappa shape index (κ3) is 5.53. The fourth-order valence-electron chi connectivity index (χ4n) is 0.402. The van der Waals surface area contributed by atoms with Crippen molar-refractivity contribution in [1.82, 2.24) is 0 Å². The molecule has 0 aromatic rings. The molecule has 58 valence electrons. The predicted octanol–water partition coefficient (Wildman–Crippen LogP) is -0.0494. The smallest absolute Gasteiger partial charge is 0.194 e. The van der Waals surface area contributed by atoms with Gasteiger partial charge in [0, 0.05) is 0 Å². The molecule has 0 aliphatic carbocycles. The van der Waals surface area contributed by atoms with Crippen LogP contribution in [0.4, 0.5) is 0 Å². The summed E-state index contributed by atoms with van der Waals surface area (Å²) in [5.41, 5.74) is 5.04. The Morgan fingerprint density at radius 3 is 2.70 bits per heavy atom. The van der Waals surface area contributed by atoms with E-state index in [4.69, 9.17) is 22.4 Å². The van der Waals surface area contributed by atoms with Crippen molar-refractivity contribution in [3.8, 4) is 0 Å². The topological polar surface area (TPSA) is 71.0 Å². The number of hydrogen-bond donors (Lipinski definition) is 2. The van der Waals surface area contributed by atoms with Crippen molar-refractivity contribution in [2.75, 3.05) is 13.2 Å². The van der Waals surface area contributed by atoms with Gasteiger partial charge in [-0.1, -0.05) is 0 Å². The lowest BCUT2D eigenvalue weighted by Crippen LogP contribution is -2.05. The van der Waals surface area contributed by atoms with Crippen LogP contribution in [0.1, 0.15) is 6.92 Å². The van der Waals surface area contributed by atoms with Crippen molar-refractivity contribution in [1.29, 1.82) is 0 Å². The van der Waals surface area contributed by atoms with E-state index in [1.807, 2.05) is 0 Å². The van der Waals surface area contributed by atoms with Crippen molar-refractivity contribution >= 4 is 22.7 Å². The average molecular weight is 164 g/mol. The van der Waals surface area contributed by atoms with E-state index in [1.165, 1.54) is 0 Å². The van der Waals surface area contributed by atoms with Gasteiger partial charge in [-0.3, -0.25) is 4.99 Å². The first-order chi connectivity index (χ1) is 4.66. The minimum atomic E-state index is -0.0424. The van der Waals surface area contributed by atoms with Gasteiger partial charge >= 0.3 is 0 Å². The number of nitrogens with two attached hydrogens (primary N) is 1. The standard InChI is InChI=1S/C5H10ClN3O/c1-4(8-2-3-10)9-5(6)7/h10H,2-3H2,1H3,(H2,7,8,9). The number of aliphatic hydroxyl groups is 1. The third-order valence-corrected chi connectivity index (χ3v) is 0.794. The van der Waals surface area contributed by atoms with Crippen LogP contribution in [0.25, 0.3) is 0 Å². The van der Waals surface area contributed by atoms with Gasteiger partial charge in [0.05, 0.1) is 13.2 Å². The van der Waals surface area contributed by atoms with E-state index in [-0.39, 0.29) is 11.9 Å². The van der Waals surface area contributed by atoms with Gasteiger partial charge in [0.1, 0.15) is 5.84 Å². The molecule has 0 aliphatic rings. The van der Waals surface area contributed by atoms with Crippen LogP contribution in [0.15, 0.2) is 9.98 Å². The second kappa shape index (κ2) is 5.20. The zero-order valence-corrected chi connectivity index (χ0v) is 6.47. The highest BCUT2D eigenvalue weighted by Gasteiger charge is 1.86. The third-order valence-electron chi connectivity index (χ3n) is 0.709. The molecule has 0 radical (unpaired) electrons. The van der Waals surface area contributed by atoms with Gasteiger partial charge in [-0.05, 0) is 18.5 Å². The summed E-state index contributed by atoms with van der Waals surface area (Å²) in [6, 6.07) is 0. The van der Waals surface area contributed by atoms with Gasteiger partial charge in [-0.15, -0.1) is 0 Å². The molecule has 0 aromatic heterocycles. The number of nitrogens with zero attached hydrogens (tertiary/aromatic N) is 2. The molecule has 3 N–H and O–H groups in total. The van der Waals surface area contributed by atoms with Gasteiger partial charge in [-0.2, -0.15) is 0 Å². The van der Waals surface area contributed by atoms with Crippen LogP contribution in [0.2, 0.25) is 0 Å². The van der Waals surface area contributed by atoms with Gasteiger partial charge in [0.2, 0.25) is 0 Å². The highest BCUT2D eigenvalue weighted by atomic mass is 35.5. The monoisotopic (exact) mass is 163 g/mol. The SMILES string of the molecule is CC(N=C(N)Cl)=NCCO. The molecule has 0 fully saturated rings. The molecule has 0 aliphatic heterocycles. The zero-order valence-electron chi connectivity index (χ0n) is 5.71. The van der Waals surface area contributed by atoms with Gasteiger partial charge in [0.25, 0.3) is 0 Å². The zero-order chi connectivity index (χ0) is 7.98. The van der Waals surface area contributed by atoms with E-state index >= 15 is 0 Å². The van der Waals surface area contributed by atoms with Crippen LogP contribution in [-0.4, -0.2) is 29.4 Å². The van der Waals surface area contributed by atoms with E-state index in [0.29, 0.717) is 12.4 Å². The second-order valence-corrected chi connectivity index (χ2v) is 1.97. The normalized spacial score (nSPS) is 13.9. The lowest BCUT2D eigenvalue weighted by molar-refractivity contribution is 0.307. The molecule has 0 unspecified atom stereocenters. The first-order valence-electron chi connectivity index (χ1n) is 2.78. The van der Waals surface area contributed by atoms with Gasteiger partial charge in [-0.25, -0.2) is 4.99 Å². The number of aliphatic hydroxyl groups excluding tert-OH is 1. The van der Waals surface area contributed by atoms with Crippen LogP contribution in [0.5, 0.6) is 0 Å². The lowest BCUT2D eigenvalue weighted by atomic mass is 10.6. The Hall–Kier alpha value is -0.610. The Balaban J connectivity index is 3.82. The fourth-order valence-corrected chi connectivity index (χ4v) is 0.524. The van der Waals surface area contributed by atoms with Crippen molar-refractivity contribution in [3.05, 3.63) is 0 Å². The fraction of sp³-hybridized carbons (Fsp3) is 0.600. The van der Waals surface area contributed by atoms with Gasteiger partial charge < -0.3 is 10.8 Å². The Labute approximate surface area is 64.4 Å². The quantitative estimate of drug-likeness (QED) is 0.341. The van der Waals surface area contributed by atoms with Crippen molar-refractivity contribution in [2.45, 2.75) is 6.92 Å². The molecule has 4 nitrogen and oxygen atoms in total. The minimum Gasteiger partial charge on any atom is -0.394 e. The summed E-state index contributed by atoms with van der Waals surface area (Å²) in [5, 5.41) is 8.29. The Morgan fingerprint density at radius 2 is 2.30 bits per heavy atom.